The molecule has 6 nitrogen and oxygen atoms in total. The SMILES string of the molecule is CCn1c(Sc2ccc(Cl)c(C#N)n2)nnc1-c1ccncc1. The van der Waals surface area contributed by atoms with E-state index in [0.29, 0.717) is 21.7 Å². The minimum absolute atomic E-state index is 0.202. The number of hydrogen-bond donors (Lipinski definition) is 0. The fraction of sp³-hybridized carbons (Fsp3) is 0.133. The summed E-state index contributed by atoms with van der Waals surface area (Å²) in [6.45, 7) is 2.74. The average molecular weight is 343 g/mol. The summed E-state index contributed by atoms with van der Waals surface area (Å²) in [6, 6.07) is 9.17. The lowest BCUT2D eigenvalue weighted by molar-refractivity contribution is 0.686. The van der Waals surface area contributed by atoms with Gasteiger partial charge in [0, 0.05) is 24.5 Å². The predicted octanol–water partition coefficient (Wildman–Crippen LogP) is 3.43. The standard InChI is InChI=1S/C15H11ClN6S/c1-2-22-14(10-5-7-18-8-6-10)20-21-15(22)23-13-4-3-11(16)12(9-17)19-13/h3-8H,2H2,1H3. The molecule has 0 amide bonds. The Morgan fingerprint density at radius 1 is 1.22 bits per heavy atom. The maximum absolute atomic E-state index is 9.02. The molecule has 0 bridgehead atoms. The molecule has 3 heterocycles. The zero-order valence-corrected chi connectivity index (χ0v) is 13.7. The van der Waals surface area contributed by atoms with Crippen molar-refractivity contribution < 1.29 is 0 Å². The molecule has 23 heavy (non-hydrogen) atoms. The molecule has 0 aliphatic rings. The smallest absolute Gasteiger partial charge is 0.197 e. The molecule has 0 radical (unpaired) electrons. The van der Waals surface area contributed by atoms with Crippen molar-refractivity contribution in [3.05, 3.63) is 47.4 Å². The Kier molecular flexibility index (Phi) is 4.55. The molecule has 0 N–H and O–H groups in total. The van der Waals surface area contributed by atoms with Gasteiger partial charge in [0.15, 0.2) is 16.7 Å². The van der Waals surface area contributed by atoms with Crippen molar-refractivity contribution in [2.24, 2.45) is 0 Å². The van der Waals surface area contributed by atoms with Crippen LogP contribution in [-0.2, 0) is 6.54 Å². The van der Waals surface area contributed by atoms with Crippen molar-refractivity contribution >= 4 is 23.4 Å². The van der Waals surface area contributed by atoms with Crippen molar-refractivity contribution in [2.75, 3.05) is 0 Å². The molecular formula is C15H11ClN6S. The molecular weight excluding hydrogens is 332 g/mol. The van der Waals surface area contributed by atoms with Gasteiger partial charge >= 0.3 is 0 Å². The molecule has 3 aromatic heterocycles. The fourth-order valence-electron chi connectivity index (χ4n) is 2.02. The average Bonchev–Trinajstić information content (AvgIpc) is 3.00. The highest BCUT2D eigenvalue weighted by molar-refractivity contribution is 7.99. The third-order valence-electron chi connectivity index (χ3n) is 3.09. The van der Waals surface area contributed by atoms with E-state index in [0.717, 1.165) is 11.4 Å². The summed E-state index contributed by atoms with van der Waals surface area (Å²) >= 11 is 7.25. The van der Waals surface area contributed by atoms with Crippen molar-refractivity contribution in [3.8, 4) is 17.5 Å². The summed E-state index contributed by atoms with van der Waals surface area (Å²) in [5.74, 6) is 0.770. The lowest BCUT2D eigenvalue weighted by atomic mass is 10.2. The largest absolute Gasteiger partial charge is 0.302 e. The van der Waals surface area contributed by atoms with Gasteiger partial charge in [0.05, 0.1) is 5.02 Å². The molecule has 0 unspecified atom stereocenters. The van der Waals surface area contributed by atoms with Crippen molar-refractivity contribution in [1.82, 2.24) is 24.7 Å². The molecule has 0 spiro atoms. The molecule has 8 heteroatoms. The van der Waals surface area contributed by atoms with Gasteiger partial charge in [-0.2, -0.15) is 5.26 Å². The number of halogens is 1. The van der Waals surface area contributed by atoms with E-state index in [1.807, 2.05) is 29.7 Å². The van der Waals surface area contributed by atoms with Crippen LogP contribution in [-0.4, -0.2) is 24.7 Å². The lowest BCUT2D eigenvalue weighted by Gasteiger charge is -2.07. The summed E-state index contributed by atoms with van der Waals surface area (Å²) < 4.78 is 1.99. The van der Waals surface area contributed by atoms with Gasteiger partial charge in [-0.05, 0) is 43.0 Å². The first-order chi connectivity index (χ1) is 11.2. The van der Waals surface area contributed by atoms with Crippen LogP contribution in [0.1, 0.15) is 12.6 Å². The Morgan fingerprint density at radius 2 is 2.00 bits per heavy atom. The first-order valence-corrected chi connectivity index (χ1v) is 8.00. The maximum atomic E-state index is 9.02. The van der Waals surface area contributed by atoms with E-state index in [-0.39, 0.29) is 5.69 Å². The Labute approximate surface area is 142 Å². The minimum Gasteiger partial charge on any atom is -0.302 e. The van der Waals surface area contributed by atoms with E-state index < -0.39 is 0 Å². The number of rotatable bonds is 4. The highest BCUT2D eigenvalue weighted by Gasteiger charge is 2.15. The number of pyridine rings is 2. The van der Waals surface area contributed by atoms with E-state index >= 15 is 0 Å². The molecule has 0 aliphatic heterocycles. The van der Waals surface area contributed by atoms with Crippen LogP contribution in [0, 0.1) is 11.3 Å². The topological polar surface area (TPSA) is 80.3 Å². The Balaban J connectivity index is 1.96. The molecule has 0 aromatic carbocycles. The van der Waals surface area contributed by atoms with Crippen LogP contribution < -0.4 is 0 Å². The Morgan fingerprint density at radius 3 is 2.70 bits per heavy atom. The highest BCUT2D eigenvalue weighted by Crippen LogP contribution is 2.29. The van der Waals surface area contributed by atoms with Crippen LogP contribution in [0.3, 0.4) is 0 Å². The second-order valence-electron chi connectivity index (χ2n) is 4.48. The highest BCUT2D eigenvalue weighted by atomic mass is 35.5. The second kappa shape index (κ2) is 6.77. The normalized spacial score (nSPS) is 10.5. The van der Waals surface area contributed by atoms with Crippen LogP contribution >= 0.6 is 23.4 Å². The lowest BCUT2D eigenvalue weighted by Crippen LogP contribution is -2.00. The zero-order chi connectivity index (χ0) is 16.2. The van der Waals surface area contributed by atoms with Crippen molar-refractivity contribution in [3.63, 3.8) is 0 Å². The van der Waals surface area contributed by atoms with Gasteiger partial charge < -0.3 is 4.57 Å². The predicted molar refractivity (Wildman–Crippen MR) is 87.0 cm³/mol. The van der Waals surface area contributed by atoms with E-state index in [1.54, 1.807) is 24.5 Å². The molecule has 0 saturated heterocycles. The number of hydrogen-bond acceptors (Lipinski definition) is 6. The van der Waals surface area contributed by atoms with Gasteiger partial charge in [0.2, 0.25) is 0 Å². The first kappa shape index (κ1) is 15.5. The Bertz CT molecular complexity index is 871. The maximum Gasteiger partial charge on any atom is 0.197 e. The first-order valence-electron chi connectivity index (χ1n) is 6.81. The van der Waals surface area contributed by atoms with Gasteiger partial charge in [-0.1, -0.05) is 11.6 Å². The third-order valence-corrected chi connectivity index (χ3v) is 4.32. The summed E-state index contributed by atoms with van der Waals surface area (Å²) in [5.41, 5.74) is 1.15. The minimum atomic E-state index is 0.202. The quantitative estimate of drug-likeness (QED) is 0.722. The molecule has 0 atom stereocenters. The molecule has 0 saturated carbocycles. The van der Waals surface area contributed by atoms with E-state index in [9.17, 15) is 0 Å². The second-order valence-corrected chi connectivity index (χ2v) is 5.87. The van der Waals surface area contributed by atoms with E-state index in [2.05, 4.69) is 20.2 Å². The van der Waals surface area contributed by atoms with Crippen LogP contribution in [0.25, 0.3) is 11.4 Å². The summed E-state index contributed by atoms with van der Waals surface area (Å²) in [5, 5.41) is 19.2. The summed E-state index contributed by atoms with van der Waals surface area (Å²) in [6.07, 6.45) is 3.44. The van der Waals surface area contributed by atoms with Gasteiger partial charge in [-0.25, -0.2) is 4.98 Å². The number of aromatic nitrogens is 5. The van der Waals surface area contributed by atoms with E-state index in [1.165, 1.54) is 11.8 Å². The number of nitriles is 1. The van der Waals surface area contributed by atoms with Crippen LogP contribution in [0.4, 0.5) is 0 Å². The zero-order valence-electron chi connectivity index (χ0n) is 12.1. The van der Waals surface area contributed by atoms with E-state index in [4.69, 9.17) is 16.9 Å². The molecule has 114 valence electrons. The molecule has 3 rings (SSSR count). The van der Waals surface area contributed by atoms with Crippen molar-refractivity contribution in [1.29, 1.82) is 5.26 Å². The fourth-order valence-corrected chi connectivity index (χ4v) is 3.03. The molecule has 0 aliphatic carbocycles. The van der Waals surface area contributed by atoms with Crippen molar-refractivity contribution in [2.45, 2.75) is 23.7 Å². The van der Waals surface area contributed by atoms with Gasteiger partial charge in [0.25, 0.3) is 0 Å². The molecule has 3 aromatic rings. The Hall–Kier alpha value is -2.43. The summed E-state index contributed by atoms with van der Waals surface area (Å²) in [4.78, 5) is 8.23. The van der Waals surface area contributed by atoms with Crippen LogP contribution in [0.2, 0.25) is 5.02 Å². The summed E-state index contributed by atoms with van der Waals surface area (Å²) in [7, 11) is 0. The van der Waals surface area contributed by atoms with Crippen LogP contribution in [0.5, 0.6) is 0 Å². The third kappa shape index (κ3) is 3.18. The van der Waals surface area contributed by atoms with Gasteiger partial charge in [-0.15, -0.1) is 10.2 Å². The molecule has 0 fully saturated rings. The van der Waals surface area contributed by atoms with Gasteiger partial charge in [0.1, 0.15) is 11.1 Å². The van der Waals surface area contributed by atoms with Crippen LogP contribution in [0.15, 0.2) is 46.8 Å². The monoisotopic (exact) mass is 342 g/mol. The number of nitrogens with zero attached hydrogens (tertiary/aromatic N) is 6. The van der Waals surface area contributed by atoms with Gasteiger partial charge in [-0.3, -0.25) is 4.98 Å².